The fourth-order valence-electron chi connectivity index (χ4n) is 2.96. The van der Waals surface area contributed by atoms with Crippen molar-refractivity contribution in [1.29, 1.82) is 0 Å². The van der Waals surface area contributed by atoms with Gasteiger partial charge < -0.3 is 10.6 Å². The molecule has 7 heteroatoms. The second kappa shape index (κ2) is 10.3. The summed E-state index contributed by atoms with van der Waals surface area (Å²) in [5.41, 5.74) is 1.61. The fourth-order valence-corrected chi connectivity index (χ4v) is 3.36. The Hall–Kier alpha value is -1.09. The highest BCUT2D eigenvalue weighted by Gasteiger charge is 2.44. The first-order valence-corrected chi connectivity index (χ1v) is 9.77. The van der Waals surface area contributed by atoms with E-state index in [2.05, 4.69) is 62.9 Å². The van der Waals surface area contributed by atoms with E-state index in [1.165, 1.54) is 18.4 Å². The second-order valence-corrected chi connectivity index (χ2v) is 7.45. The van der Waals surface area contributed by atoms with Crippen molar-refractivity contribution in [3.05, 3.63) is 52.8 Å². The van der Waals surface area contributed by atoms with Crippen LogP contribution in [0.15, 0.2) is 52.2 Å². The zero-order valence-corrected chi connectivity index (χ0v) is 19.0. The van der Waals surface area contributed by atoms with Gasteiger partial charge in [-0.15, -0.1) is 24.0 Å². The summed E-state index contributed by atoms with van der Waals surface area (Å²) < 4.78 is 3.10. The van der Waals surface area contributed by atoms with Crippen molar-refractivity contribution in [3.63, 3.8) is 0 Å². The highest BCUT2D eigenvalue weighted by molar-refractivity contribution is 14.0. The van der Waals surface area contributed by atoms with Crippen LogP contribution in [0.5, 0.6) is 0 Å². The lowest BCUT2D eigenvalue weighted by atomic mass is 9.96. The molecule has 1 aliphatic rings. The lowest BCUT2D eigenvalue weighted by Gasteiger charge is -2.16. The molecule has 0 radical (unpaired) electrons. The highest BCUT2D eigenvalue weighted by atomic mass is 127. The van der Waals surface area contributed by atoms with Crippen molar-refractivity contribution in [3.8, 4) is 0 Å². The Balaban J connectivity index is 0.00000243. The quantitative estimate of drug-likeness (QED) is 0.235. The Bertz CT molecular complexity index is 698. The van der Waals surface area contributed by atoms with Crippen LogP contribution in [-0.2, 0) is 12.0 Å². The molecule has 0 saturated heterocycles. The van der Waals surface area contributed by atoms with Gasteiger partial charge in [0, 0.05) is 41.9 Å². The molecule has 2 aromatic rings. The number of hydrogen-bond acceptors (Lipinski definition) is 2. The topological polar surface area (TPSA) is 54.2 Å². The Morgan fingerprint density at radius 1 is 1.31 bits per heavy atom. The molecule has 3 rings (SSSR count). The van der Waals surface area contributed by atoms with Gasteiger partial charge in [-0.2, -0.15) is 5.10 Å². The number of hydrogen-bond donors (Lipinski definition) is 2. The summed E-state index contributed by atoms with van der Waals surface area (Å²) >= 11 is 3.58. The van der Waals surface area contributed by atoms with Crippen LogP contribution in [0.4, 0.5) is 0 Å². The van der Waals surface area contributed by atoms with Gasteiger partial charge in [0.05, 0.1) is 6.54 Å². The summed E-state index contributed by atoms with van der Waals surface area (Å²) in [5, 5.41) is 11.0. The minimum atomic E-state index is 0. The molecule has 1 aromatic heterocycles. The third kappa shape index (κ3) is 5.97. The standard InChI is InChI=1S/C19H26BrN5.HI/c1-2-21-18(22-10-4-12-25-13-5-11-24-25)23-15-19(8-9-19)16-6-3-7-17(20)14-16;/h3,5-7,11,13-14H,2,4,8-10,12,15H2,1H3,(H2,21,22,23);1H. The maximum Gasteiger partial charge on any atom is 0.191 e. The predicted molar refractivity (Wildman–Crippen MR) is 121 cm³/mol. The van der Waals surface area contributed by atoms with Crippen LogP contribution in [0.1, 0.15) is 31.7 Å². The predicted octanol–water partition coefficient (Wildman–Crippen LogP) is 3.94. The number of halogens is 2. The van der Waals surface area contributed by atoms with Crippen molar-refractivity contribution in [2.75, 3.05) is 19.6 Å². The molecule has 0 unspecified atom stereocenters. The first kappa shape index (κ1) is 21.2. The molecule has 1 heterocycles. The van der Waals surface area contributed by atoms with Gasteiger partial charge in [0.15, 0.2) is 5.96 Å². The second-order valence-electron chi connectivity index (χ2n) is 6.54. The zero-order chi connectivity index (χ0) is 17.5. The van der Waals surface area contributed by atoms with E-state index >= 15 is 0 Å². The third-order valence-electron chi connectivity index (χ3n) is 4.59. The molecule has 1 aliphatic carbocycles. The molecule has 1 aromatic carbocycles. The van der Waals surface area contributed by atoms with Crippen molar-refractivity contribution in [1.82, 2.24) is 20.4 Å². The number of nitrogens with zero attached hydrogens (tertiary/aromatic N) is 3. The molecule has 0 aliphatic heterocycles. The van der Waals surface area contributed by atoms with Crippen LogP contribution < -0.4 is 10.6 Å². The largest absolute Gasteiger partial charge is 0.357 e. The van der Waals surface area contributed by atoms with Gasteiger partial charge in [-0.1, -0.05) is 28.1 Å². The maximum atomic E-state index is 4.84. The molecule has 0 amide bonds. The van der Waals surface area contributed by atoms with Crippen LogP contribution in [0.25, 0.3) is 0 Å². The van der Waals surface area contributed by atoms with Gasteiger partial charge in [-0.25, -0.2) is 0 Å². The normalized spacial score (nSPS) is 15.2. The number of nitrogens with one attached hydrogen (secondary N) is 2. The van der Waals surface area contributed by atoms with Crippen molar-refractivity contribution in [2.24, 2.45) is 4.99 Å². The fraction of sp³-hybridized carbons (Fsp3) is 0.474. The molecule has 2 N–H and O–H groups in total. The van der Waals surface area contributed by atoms with E-state index in [0.717, 1.165) is 43.0 Å². The summed E-state index contributed by atoms with van der Waals surface area (Å²) in [4.78, 5) is 4.84. The van der Waals surface area contributed by atoms with E-state index in [0.29, 0.717) is 0 Å². The summed E-state index contributed by atoms with van der Waals surface area (Å²) in [6, 6.07) is 10.6. The number of aromatic nitrogens is 2. The summed E-state index contributed by atoms with van der Waals surface area (Å²) in [6.45, 7) is 5.60. The number of rotatable bonds is 8. The van der Waals surface area contributed by atoms with Gasteiger partial charge in [-0.05, 0) is 49.9 Å². The Labute approximate surface area is 181 Å². The summed E-state index contributed by atoms with van der Waals surface area (Å²) in [5.74, 6) is 0.907. The van der Waals surface area contributed by atoms with E-state index in [9.17, 15) is 0 Å². The van der Waals surface area contributed by atoms with Crippen molar-refractivity contribution < 1.29 is 0 Å². The first-order chi connectivity index (χ1) is 12.2. The highest BCUT2D eigenvalue weighted by Crippen LogP contribution is 2.48. The monoisotopic (exact) mass is 531 g/mol. The zero-order valence-electron chi connectivity index (χ0n) is 15.1. The summed E-state index contributed by atoms with van der Waals surface area (Å²) in [6.07, 6.45) is 7.25. The number of aliphatic imine (C=N–C) groups is 1. The lowest BCUT2D eigenvalue weighted by molar-refractivity contribution is 0.569. The van der Waals surface area contributed by atoms with Gasteiger partial charge in [0.25, 0.3) is 0 Å². The van der Waals surface area contributed by atoms with E-state index in [4.69, 9.17) is 4.99 Å². The van der Waals surface area contributed by atoms with E-state index in [1.807, 2.05) is 23.1 Å². The average Bonchev–Trinajstić information content (AvgIpc) is 3.23. The van der Waals surface area contributed by atoms with Crippen LogP contribution in [0.2, 0.25) is 0 Å². The third-order valence-corrected chi connectivity index (χ3v) is 5.08. The van der Waals surface area contributed by atoms with Crippen LogP contribution in [0.3, 0.4) is 0 Å². The van der Waals surface area contributed by atoms with Crippen molar-refractivity contribution in [2.45, 2.75) is 38.1 Å². The maximum absolute atomic E-state index is 4.84. The average molecular weight is 532 g/mol. The molecule has 142 valence electrons. The Kier molecular flexibility index (Phi) is 8.40. The minimum Gasteiger partial charge on any atom is -0.357 e. The smallest absolute Gasteiger partial charge is 0.191 e. The van der Waals surface area contributed by atoms with E-state index < -0.39 is 0 Å². The van der Waals surface area contributed by atoms with Crippen LogP contribution >= 0.6 is 39.9 Å². The number of benzene rings is 1. The molecule has 0 spiro atoms. The molecule has 1 saturated carbocycles. The first-order valence-electron chi connectivity index (χ1n) is 8.97. The van der Waals surface area contributed by atoms with Crippen LogP contribution in [-0.4, -0.2) is 35.4 Å². The van der Waals surface area contributed by atoms with Gasteiger partial charge >= 0.3 is 0 Å². The van der Waals surface area contributed by atoms with Crippen molar-refractivity contribution >= 4 is 45.9 Å². The van der Waals surface area contributed by atoms with Gasteiger partial charge in [-0.3, -0.25) is 9.67 Å². The molecule has 1 fully saturated rings. The van der Waals surface area contributed by atoms with Gasteiger partial charge in [0.2, 0.25) is 0 Å². The lowest BCUT2D eigenvalue weighted by Crippen LogP contribution is -2.38. The molecule has 0 bridgehead atoms. The molecule has 26 heavy (non-hydrogen) atoms. The Morgan fingerprint density at radius 3 is 2.81 bits per heavy atom. The van der Waals surface area contributed by atoms with Crippen LogP contribution in [0, 0.1) is 0 Å². The Morgan fingerprint density at radius 2 is 2.15 bits per heavy atom. The van der Waals surface area contributed by atoms with E-state index in [-0.39, 0.29) is 29.4 Å². The molecule has 0 atom stereocenters. The summed E-state index contributed by atoms with van der Waals surface area (Å²) in [7, 11) is 0. The SMILES string of the molecule is CCNC(=NCC1(c2cccc(Br)c2)CC1)NCCCn1cccn1.I. The number of guanidine groups is 1. The molecular weight excluding hydrogens is 505 g/mol. The number of aryl methyl sites for hydroxylation is 1. The minimum absolute atomic E-state index is 0. The van der Waals surface area contributed by atoms with Gasteiger partial charge in [0.1, 0.15) is 0 Å². The molecular formula is C19H27BrIN5. The van der Waals surface area contributed by atoms with E-state index in [1.54, 1.807) is 0 Å². The molecule has 5 nitrogen and oxygen atoms in total.